The summed E-state index contributed by atoms with van der Waals surface area (Å²) in [4.78, 5) is 18.4. The Morgan fingerprint density at radius 1 is 1.26 bits per heavy atom. The van der Waals surface area contributed by atoms with E-state index in [9.17, 15) is 4.79 Å². The normalized spacial score (nSPS) is 11.0. The number of ether oxygens (including phenoxy) is 1. The van der Waals surface area contributed by atoms with E-state index in [0.29, 0.717) is 6.61 Å². The molecule has 1 amide bonds. The molecule has 0 aliphatic rings. The lowest BCUT2D eigenvalue weighted by molar-refractivity contribution is -0.114. The summed E-state index contributed by atoms with van der Waals surface area (Å²) in [6, 6.07) is 11.4. The minimum Gasteiger partial charge on any atom is -0.493 e. The molecule has 0 unspecified atom stereocenters. The molecule has 4 nitrogen and oxygen atoms in total. The molecular formula is C19H22N2O2. The summed E-state index contributed by atoms with van der Waals surface area (Å²) in [5, 5.41) is 0. The average molecular weight is 310 g/mol. The third-order valence-electron chi connectivity index (χ3n) is 3.30. The monoisotopic (exact) mass is 310 g/mol. The largest absolute Gasteiger partial charge is 0.493 e. The van der Waals surface area contributed by atoms with E-state index < -0.39 is 0 Å². The van der Waals surface area contributed by atoms with Gasteiger partial charge in [0.15, 0.2) is 0 Å². The van der Waals surface area contributed by atoms with Crippen LogP contribution in [-0.2, 0) is 4.79 Å². The highest BCUT2D eigenvalue weighted by Crippen LogP contribution is 2.21. The van der Waals surface area contributed by atoms with Gasteiger partial charge in [-0.15, -0.1) is 0 Å². The van der Waals surface area contributed by atoms with Crippen LogP contribution in [0.1, 0.15) is 26.3 Å². The molecule has 1 heterocycles. The minimum absolute atomic E-state index is 0.0403. The van der Waals surface area contributed by atoms with Gasteiger partial charge in [0.2, 0.25) is 0 Å². The fraction of sp³-hybridized carbons (Fsp3) is 0.263. The number of hydrogen-bond donors (Lipinski definition) is 0. The molecule has 0 bridgehead atoms. The lowest BCUT2D eigenvalue weighted by Gasteiger charge is -2.25. The minimum atomic E-state index is -0.0840. The quantitative estimate of drug-likeness (QED) is 0.759. The van der Waals surface area contributed by atoms with Gasteiger partial charge in [-0.3, -0.25) is 9.78 Å². The molecule has 0 saturated carbocycles. The first-order valence-electron chi connectivity index (χ1n) is 7.76. The molecule has 0 saturated heterocycles. The first-order chi connectivity index (χ1) is 11.1. The molecule has 1 aromatic heterocycles. The number of rotatable bonds is 6. The van der Waals surface area contributed by atoms with E-state index in [1.165, 1.54) is 0 Å². The molecule has 0 radical (unpaired) electrons. The standard InChI is InChI=1S/C19H22N2O2/c1-4-23-18-10-6-5-8-16(18)11-12-19(22)21(15(2)3)17-9-7-13-20-14-17/h5-15H,4H2,1-3H3/b12-11+. The highest BCUT2D eigenvalue weighted by atomic mass is 16.5. The smallest absolute Gasteiger partial charge is 0.251 e. The molecule has 0 spiro atoms. The second-order valence-corrected chi connectivity index (χ2v) is 5.32. The van der Waals surface area contributed by atoms with Gasteiger partial charge in [-0.2, -0.15) is 0 Å². The number of hydrogen-bond acceptors (Lipinski definition) is 3. The predicted octanol–water partition coefficient (Wildman–Crippen LogP) is 3.94. The van der Waals surface area contributed by atoms with Crippen LogP contribution in [0.2, 0.25) is 0 Å². The molecule has 1 aromatic carbocycles. The number of benzene rings is 1. The summed E-state index contributed by atoms with van der Waals surface area (Å²) < 4.78 is 5.58. The third-order valence-corrected chi connectivity index (χ3v) is 3.30. The summed E-state index contributed by atoms with van der Waals surface area (Å²) in [5.74, 6) is 0.691. The fourth-order valence-electron chi connectivity index (χ4n) is 2.32. The van der Waals surface area contributed by atoms with Crippen LogP contribution in [0.4, 0.5) is 5.69 Å². The lowest BCUT2D eigenvalue weighted by Crippen LogP contribution is -2.35. The van der Waals surface area contributed by atoms with E-state index in [1.54, 1.807) is 29.4 Å². The number of amides is 1. The second-order valence-electron chi connectivity index (χ2n) is 5.32. The van der Waals surface area contributed by atoms with Crippen LogP contribution in [0.5, 0.6) is 5.75 Å². The van der Waals surface area contributed by atoms with Crippen LogP contribution in [0.3, 0.4) is 0 Å². The van der Waals surface area contributed by atoms with Gasteiger partial charge in [0, 0.05) is 23.9 Å². The van der Waals surface area contributed by atoms with Crippen LogP contribution in [0.25, 0.3) is 6.08 Å². The topological polar surface area (TPSA) is 42.4 Å². The van der Waals surface area contributed by atoms with Gasteiger partial charge in [-0.25, -0.2) is 0 Å². The van der Waals surface area contributed by atoms with Crippen molar-refractivity contribution in [2.45, 2.75) is 26.8 Å². The van der Waals surface area contributed by atoms with Crippen molar-refractivity contribution < 1.29 is 9.53 Å². The number of anilines is 1. The van der Waals surface area contributed by atoms with Gasteiger partial charge in [0.1, 0.15) is 5.75 Å². The van der Waals surface area contributed by atoms with E-state index in [2.05, 4.69) is 4.98 Å². The maximum Gasteiger partial charge on any atom is 0.251 e. The van der Waals surface area contributed by atoms with Gasteiger partial charge in [0.05, 0.1) is 18.5 Å². The van der Waals surface area contributed by atoms with Crippen molar-refractivity contribution in [2.75, 3.05) is 11.5 Å². The molecule has 2 aromatic rings. The molecule has 120 valence electrons. The zero-order valence-electron chi connectivity index (χ0n) is 13.8. The predicted molar refractivity (Wildman–Crippen MR) is 93.5 cm³/mol. The summed E-state index contributed by atoms with van der Waals surface area (Å²) in [7, 11) is 0. The van der Waals surface area contributed by atoms with E-state index in [0.717, 1.165) is 17.0 Å². The first kappa shape index (κ1) is 16.7. The molecule has 4 heteroatoms. The van der Waals surface area contributed by atoms with Crippen molar-refractivity contribution in [1.29, 1.82) is 0 Å². The second kappa shape index (κ2) is 8.13. The van der Waals surface area contributed by atoms with Crippen molar-refractivity contribution in [1.82, 2.24) is 4.98 Å². The zero-order chi connectivity index (χ0) is 16.7. The summed E-state index contributed by atoms with van der Waals surface area (Å²) >= 11 is 0. The Morgan fingerprint density at radius 3 is 2.70 bits per heavy atom. The number of nitrogens with zero attached hydrogens (tertiary/aromatic N) is 2. The van der Waals surface area contributed by atoms with Crippen LogP contribution in [0, 0.1) is 0 Å². The molecule has 0 atom stereocenters. The molecule has 0 aliphatic heterocycles. The van der Waals surface area contributed by atoms with Crippen LogP contribution in [-0.4, -0.2) is 23.5 Å². The van der Waals surface area contributed by atoms with Crippen molar-refractivity contribution in [2.24, 2.45) is 0 Å². The maximum absolute atomic E-state index is 12.6. The third kappa shape index (κ3) is 4.42. The van der Waals surface area contributed by atoms with Crippen LogP contribution >= 0.6 is 0 Å². The number of para-hydroxylation sites is 1. The average Bonchev–Trinajstić information content (AvgIpc) is 2.55. The highest BCUT2D eigenvalue weighted by molar-refractivity contribution is 6.04. The lowest BCUT2D eigenvalue weighted by atomic mass is 10.1. The zero-order valence-corrected chi connectivity index (χ0v) is 13.8. The van der Waals surface area contributed by atoms with E-state index in [-0.39, 0.29) is 11.9 Å². The Labute approximate surface area is 137 Å². The van der Waals surface area contributed by atoms with Crippen LogP contribution in [0.15, 0.2) is 54.9 Å². The van der Waals surface area contributed by atoms with Crippen molar-refractivity contribution in [3.8, 4) is 5.75 Å². The maximum atomic E-state index is 12.6. The van der Waals surface area contributed by atoms with E-state index in [1.807, 2.05) is 57.2 Å². The fourth-order valence-corrected chi connectivity index (χ4v) is 2.32. The Morgan fingerprint density at radius 2 is 2.04 bits per heavy atom. The van der Waals surface area contributed by atoms with Crippen molar-refractivity contribution in [3.63, 3.8) is 0 Å². The molecule has 0 N–H and O–H groups in total. The number of carbonyl (C=O) groups excluding carboxylic acids is 1. The van der Waals surface area contributed by atoms with Gasteiger partial charge in [-0.05, 0) is 45.0 Å². The van der Waals surface area contributed by atoms with Crippen molar-refractivity contribution in [3.05, 3.63) is 60.4 Å². The summed E-state index contributed by atoms with van der Waals surface area (Å²) in [5.41, 5.74) is 1.67. The van der Waals surface area contributed by atoms with Gasteiger partial charge in [0.25, 0.3) is 5.91 Å². The first-order valence-corrected chi connectivity index (χ1v) is 7.76. The Bertz CT molecular complexity index is 666. The highest BCUT2D eigenvalue weighted by Gasteiger charge is 2.16. The Hall–Kier alpha value is -2.62. The van der Waals surface area contributed by atoms with E-state index >= 15 is 0 Å². The Balaban J connectivity index is 2.22. The van der Waals surface area contributed by atoms with Gasteiger partial charge in [-0.1, -0.05) is 18.2 Å². The van der Waals surface area contributed by atoms with Crippen molar-refractivity contribution >= 4 is 17.7 Å². The number of carbonyl (C=O) groups is 1. The molecule has 0 aliphatic carbocycles. The molecule has 2 rings (SSSR count). The van der Waals surface area contributed by atoms with Crippen LogP contribution < -0.4 is 9.64 Å². The number of pyridine rings is 1. The number of aromatic nitrogens is 1. The summed E-state index contributed by atoms with van der Waals surface area (Å²) in [6.45, 7) is 6.49. The molecular weight excluding hydrogens is 288 g/mol. The van der Waals surface area contributed by atoms with Gasteiger partial charge < -0.3 is 9.64 Å². The Kier molecular flexibility index (Phi) is 5.92. The van der Waals surface area contributed by atoms with E-state index in [4.69, 9.17) is 4.74 Å². The molecule has 23 heavy (non-hydrogen) atoms. The SMILES string of the molecule is CCOc1ccccc1/C=C/C(=O)N(c1cccnc1)C(C)C. The molecule has 0 fully saturated rings. The van der Waals surface area contributed by atoms with Gasteiger partial charge >= 0.3 is 0 Å². The summed E-state index contributed by atoms with van der Waals surface area (Å²) in [6.07, 6.45) is 6.75.